The van der Waals surface area contributed by atoms with Gasteiger partial charge in [0.05, 0.1) is 6.61 Å². The van der Waals surface area contributed by atoms with Crippen molar-refractivity contribution < 1.29 is 9.53 Å². The number of piperidine rings is 1. The number of likely N-dealkylation sites (tertiary alicyclic amines) is 1. The lowest BCUT2D eigenvalue weighted by atomic mass is 9.95. The molecule has 0 radical (unpaired) electrons. The van der Waals surface area contributed by atoms with Crippen LogP contribution in [0.15, 0.2) is 30.3 Å². The molecule has 0 amide bonds. The highest BCUT2D eigenvalue weighted by Crippen LogP contribution is 2.31. The molecule has 110 valence electrons. The lowest BCUT2D eigenvalue weighted by Gasteiger charge is -2.39. The molecule has 2 unspecified atom stereocenters. The van der Waals surface area contributed by atoms with Crippen molar-refractivity contribution in [2.75, 3.05) is 13.2 Å². The summed E-state index contributed by atoms with van der Waals surface area (Å²) in [6.45, 7) is 5.49. The molecular weight excluding hydrogens is 250 g/mol. The number of ether oxygens (including phenoxy) is 1. The lowest BCUT2D eigenvalue weighted by molar-refractivity contribution is -0.151. The molecule has 1 aliphatic rings. The molecule has 2 atom stereocenters. The summed E-state index contributed by atoms with van der Waals surface area (Å²) in [4.78, 5) is 14.8. The van der Waals surface area contributed by atoms with E-state index in [4.69, 9.17) is 4.74 Å². The zero-order chi connectivity index (χ0) is 14.4. The van der Waals surface area contributed by atoms with Crippen LogP contribution in [0.4, 0.5) is 0 Å². The average molecular weight is 275 g/mol. The number of hydrogen-bond acceptors (Lipinski definition) is 3. The summed E-state index contributed by atoms with van der Waals surface area (Å²) < 4.78 is 5.32. The van der Waals surface area contributed by atoms with E-state index in [1.54, 1.807) is 0 Å². The Kier molecular flexibility index (Phi) is 5.60. The molecule has 0 aromatic heterocycles. The SMILES string of the molecule is CCOC(=O)C(c1ccccc1)N1CCCCC1CC. The molecule has 0 aliphatic carbocycles. The van der Waals surface area contributed by atoms with Crippen LogP contribution in [0.25, 0.3) is 0 Å². The van der Waals surface area contributed by atoms with Gasteiger partial charge in [0.1, 0.15) is 6.04 Å². The van der Waals surface area contributed by atoms with Crippen molar-refractivity contribution in [2.24, 2.45) is 0 Å². The van der Waals surface area contributed by atoms with Crippen molar-refractivity contribution >= 4 is 5.97 Å². The van der Waals surface area contributed by atoms with E-state index < -0.39 is 0 Å². The van der Waals surface area contributed by atoms with Gasteiger partial charge in [0.15, 0.2) is 0 Å². The summed E-state index contributed by atoms with van der Waals surface area (Å²) in [6, 6.07) is 10.3. The van der Waals surface area contributed by atoms with Crippen LogP contribution in [0.1, 0.15) is 51.1 Å². The second kappa shape index (κ2) is 7.44. The lowest BCUT2D eigenvalue weighted by Crippen LogP contribution is -2.45. The Balaban J connectivity index is 2.28. The number of hydrogen-bond donors (Lipinski definition) is 0. The molecule has 0 N–H and O–H groups in total. The third kappa shape index (κ3) is 3.40. The maximum atomic E-state index is 12.4. The summed E-state index contributed by atoms with van der Waals surface area (Å²) in [6.07, 6.45) is 4.69. The van der Waals surface area contributed by atoms with Gasteiger partial charge in [-0.2, -0.15) is 0 Å². The van der Waals surface area contributed by atoms with Crippen molar-refractivity contribution in [1.29, 1.82) is 0 Å². The smallest absolute Gasteiger partial charge is 0.328 e. The third-order valence-corrected chi connectivity index (χ3v) is 4.10. The Labute approximate surface area is 121 Å². The average Bonchev–Trinajstić information content (AvgIpc) is 2.49. The van der Waals surface area contributed by atoms with Crippen molar-refractivity contribution in [2.45, 2.75) is 51.6 Å². The van der Waals surface area contributed by atoms with Gasteiger partial charge in [-0.3, -0.25) is 4.90 Å². The van der Waals surface area contributed by atoms with E-state index in [0.29, 0.717) is 12.6 Å². The molecule has 2 rings (SSSR count). The fraction of sp³-hybridized carbons (Fsp3) is 0.588. The van der Waals surface area contributed by atoms with E-state index in [-0.39, 0.29) is 12.0 Å². The topological polar surface area (TPSA) is 29.5 Å². The Morgan fingerprint density at radius 2 is 2.05 bits per heavy atom. The number of benzene rings is 1. The molecule has 3 heteroatoms. The fourth-order valence-corrected chi connectivity index (χ4v) is 3.12. The largest absolute Gasteiger partial charge is 0.465 e. The van der Waals surface area contributed by atoms with E-state index in [1.807, 2.05) is 37.3 Å². The molecule has 20 heavy (non-hydrogen) atoms. The van der Waals surface area contributed by atoms with Crippen LogP contribution in [-0.2, 0) is 9.53 Å². The van der Waals surface area contributed by atoms with Gasteiger partial charge in [0, 0.05) is 6.04 Å². The van der Waals surface area contributed by atoms with Gasteiger partial charge in [-0.05, 0) is 38.3 Å². The van der Waals surface area contributed by atoms with Gasteiger partial charge in [0.2, 0.25) is 0 Å². The highest BCUT2D eigenvalue weighted by atomic mass is 16.5. The number of esters is 1. The maximum Gasteiger partial charge on any atom is 0.328 e. The van der Waals surface area contributed by atoms with Crippen LogP contribution in [0.2, 0.25) is 0 Å². The summed E-state index contributed by atoms with van der Waals surface area (Å²) in [5.41, 5.74) is 1.05. The van der Waals surface area contributed by atoms with Gasteiger partial charge in [-0.25, -0.2) is 4.79 Å². The van der Waals surface area contributed by atoms with Gasteiger partial charge >= 0.3 is 5.97 Å². The predicted octanol–water partition coefficient (Wildman–Crippen LogP) is 3.56. The molecule has 0 saturated carbocycles. The molecule has 0 bridgehead atoms. The summed E-state index contributed by atoms with van der Waals surface area (Å²) >= 11 is 0. The van der Waals surface area contributed by atoms with Crippen molar-refractivity contribution in [1.82, 2.24) is 4.90 Å². The van der Waals surface area contributed by atoms with Crippen molar-refractivity contribution in [3.8, 4) is 0 Å². The zero-order valence-corrected chi connectivity index (χ0v) is 12.5. The third-order valence-electron chi connectivity index (χ3n) is 4.10. The molecule has 1 fully saturated rings. The predicted molar refractivity (Wildman–Crippen MR) is 80.5 cm³/mol. The van der Waals surface area contributed by atoms with Crippen LogP contribution in [-0.4, -0.2) is 30.1 Å². The normalized spacial score (nSPS) is 21.4. The Morgan fingerprint density at radius 1 is 1.30 bits per heavy atom. The van der Waals surface area contributed by atoms with Crippen LogP contribution in [0.3, 0.4) is 0 Å². The second-order valence-corrected chi connectivity index (χ2v) is 5.36. The maximum absolute atomic E-state index is 12.4. The Hall–Kier alpha value is -1.35. The van der Waals surface area contributed by atoms with E-state index in [1.165, 1.54) is 19.3 Å². The Morgan fingerprint density at radius 3 is 2.70 bits per heavy atom. The summed E-state index contributed by atoms with van der Waals surface area (Å²) in [5.74, 6) is -0.112. The van der Waals surface area contributed by atoms with Crippen LogP contribution in [0.5, 0.6) is 0 Å². The first-order valence-electron chi connectivity index (χ1n) is 7.75. The van der Waals surface area contributed by atoms with Gasteiger partial charge in [0.25, 0.3) is 0 Å². The molecule has 1 heterocycles. The number of carbonyl (C=O) groups is 1. The van der Waals surface area contributed by atoms with E-state index in [2.05, 4.69) is 11.8 Å². The van der Waals surface area contributed by atoms with Gasteiger partial charge in [-0.1, -0.05) is 43.7 Å². The molecule has 1 aromatic rings. The van der Waals surface area contributed by atoms with E-state index in [0.717, 1.165) is 18.5 Å². The van der Waals surface area contributed by atoms with Crippen LogP contribution in [0, 0.1) is 0 Å². The summed E-state index contributed by atoms with van der Waals surface area (Å²) in [5, 5.41) is 0. The fourth-order valence-electron chi connectivity index (χ4n) is 3.12. The van der Waals surface area contributed by atoms with E-state index >= 15 is 0 Å². The van der Waals surface area contributed by atoms with Crippen molar-refractivity contribution in [3.05, 3.63) is 35.9 Å². The first-order valence-corrected chi connectivity index (χ1v) is 7.75. The highest BCUT2D eigenvalue weighted by Gasteiger charge is 2.34. The first-order chi connectivity index (χ1) is 9.77. The first kappa shape index (κ1) is 15.0. The number of carbonyl (C=O) groups excluding carboxylic acids is 1. The number of rotatable bonds is 5. The standard InChI is InChI=1S/C17H25NO2/c1-3-15-12-8-9-13-18(15)16(17(19)20-4-2)14-10-6-5-7-11-14/h5-7,10-11,15-16H,3-4,8-9,12-13H2,1-2H3. The second-order valence-electron chi connectivity index (χ2n) is 5.36. The monoisotopic (exact) mass is 275 g/mol. The summed E-state index contributed by atoms with van der Waals surface area (Å²) in [7, 11) is 0. The molecular formula is C17H25NO2. The molecule has 3 nitrogen and oxygen atoms in total. The Bertz CT molecular complexity index is 418. The zero-order valence-electron chi connectivity index (χ0n) is 12.5. The van der Waals surface area contributed by atoms with Crippen LogP contribution < -0.4 is 0 Å². The molecule has 0 spiro atoms. The molecule has 1 aromatic carbocycles. The minimum atomic E-state index is -0.249. The number of nitrogens with zero attached hydrogens (tertiary/aromatic N) is 1. The van der Waals surface area contributed by atoms with Gasteiger partial charge in [-0.15, -0.1) is 0 Å². The minimum Gasteiger partial charge on any atom is -0.465 e. The van der Waals surface area contributed by atoms with Gasteiger partial charge < -0.3 is 4.74 Å². The minimum absolute atomic E-state index is 0.112. The molecule has 1 saturated heterocycles. The van der Waals surface area contributed by atoms with Crippen LogP contribution >= 0.6 is 0 Å². The van der Waals surface area contributed by atoms with Crippen molar-refractivity contribution in [3.63, 3.8) is 0 Å². The van der Waals surface area contributed by atoms with E-state index in [9.17, 15) is 4.79 Å². The quantitative estimate of drug-likeness (QED) is 0.770. The molecule has 1 aliphatic heterocycles. The highest BCUT2D eigenvalue weighted by molar-refractivity contribution is 5.77.